The molecule has 0 N–H and O–H groups in total. The van der Waals surface area contributed by atoms with E-state index in [0.717, 1.165) is 0 Å². The Morgan fingerprint density at radius 2 is 1.93 bits per heavy atom. The van der Waals surface area contributed by atoms with Gasteiger partial charge >= 0.3 is 5.69 Å². The fourth-order valence-electron chi connectivity index (χ4n) is 1.16. The van der Waals surface area contributed by atoms with Crippen LogP contribution in [0.5, 0.6) is 0 Å². The molecule has 2 aromatic rings. The Labute approximate surface area is 99.2 Å². The SMILES string of the molecule is Cn1c(Br)nn(-c2ccc(Cl)cc2)c1=O. The van der Waals surface area contributed by atoms with Gasteiger partial charge in [-0.3, -0.25) is 4.57 Å². The van der Waals surface area contributed by atoms with Crippen LogP contribution in [0, 0.1) is 0 Å². The van der Waals surface area contributed by atoms with Crippen molar-refractivity contribution in [1.29, 1.82) is 0 Å². The third kappa shape index (κ3) is 1.85. The summed E-state index contributed by atoms with van der Waals surface area (Å²) in [4.78, 5) is 11.7. The Balaban J connectivity index is 2.59. The molecule has 0 amide bonds. The molecular weight excluding hydrogens is 281 g/mol. The van der Waals surface area contributed by atoms with Crippen molar-refractivity contribution in [3.63, 3.8) is 0 Å². The molecule has 1 aromatic heterocycles. The van der Waals surface area contributed by atoms with Crippen LogP contribution in [0.4, 0.5) is 0 Å². The first kappa shape index (κ1) is 10.4. The molecule has 0 aliphatic rings. The first-order valence-corrected chi connectivity index (χ1v) is 5.34. The normalized spacial score (nSPS) is 10.6. The van der Waals surface area contributed by atoms with Gasteiger partial charge in [-0.2, -0.15) is 4.68 Å². The van der Waals surface area contributed by atoms with Crippen LogP contribution < -0.4 is 5.69 Å². The molecule has 1 aromatic carbocycles. The fourth-order valence-corrected chi connectivity index (χ4v) is 1.60. The lowest BCUT2D eigenvalue weighted by atomic mass is 10.3. The summed E-state index contributed by atoms with van der Waals surface area (Å²) in [5.74, 6) is 0. The van der Waals surface area contributed by atoms with Crippen molar-refractivity contribution >= 4 is 27.5 Å². The minimum atomic E-state index is -0.204. The van der Waals surface area contributed by atoms with Crippen molar-refractivity contribution in [2.45, 2.75) is 0 Å². The van der Waals surface area contributed by atoms with Gasteiger partial charge in [-0.05, 0) is 40.2 Å². The molecule has 0 spiro atoms. The lowest BCUT2D eigenvalue weighted by Crippen LogP contribution is -2.21. The predicted molar refractivity (Wildman–Crippen MR) is 61.5 cm³/mol. The minimum Gasteiger partial charge on any atom is -0.272 e. The van der Waals surface area contributed by atoms with Crippen molar-refractivity contribution in [2.75, 3.05) is 0 Å². The summed E-state index contributed by atoms with van der Waals surface area (Å²) in [6, 6.07) is 6.91. The number of aromatic nitrogens is 3. The quantitative estimate of drug-likeness (QED) is 0.805. The van der Waals surface area contributed by atoms with Crippen molar-refractivity contribution in [2.24, 2.45) is 7.05 Å². The highest BCUT2D eigenvalue weighted by atomic mass is 79.9. The third-order valence-corrected chi connectivity index (χ3v) is 2.94. The number of rotatable bonds is 1. The van der Waals surface area contributed by atoms with Gasteiger partial charge in [0.2, 0.25) is 4.73 Å². The van der Waals surface area contributed by atoms with Gasteiger partial charge in [-0.25, -0.2) is 4.79 Å². The van der Waals surface area contributed by atoms with Crippen LogP contribution in [0.15, 0.2) is 33.8 Å². The molecule has 0 bridgehead atoms. The zero-order valence-corrected chi connectivity index (χ0v) is 10.2. The highest BCUT2D eigenvalue weighted by Gasteiger charge is 2.08. The molecular formula is C9H7BrClN3O. The second-order valence-electron chi connectivity index (χ2n) is 3.00. The molecule has 6 heteroatoms. The van der Waals surface area contributed by atoms with Gasteiger partial charge in [-0.1, -0.05) is 11.6 Å². The van der Waals surface area contributed by atoms with Crippen molar-refractivity contribution in [1.82, 2.24) is 14.3 Å². The first-order valence-electron chi connectivity index (χ1n) is 4.17. The zero-order chi connectivity index (χ0) is 11.0. The number of benzene rings is 1. The molecule has 4 nitrogen and oxygen atoms in total. The van der Waals surface area contributed by atoms with Crippen LogP contribution in [0.2, 0.25) is 5.02 Å². The fraction of sp³-hybridized carbons (Fsp3) is 0.111. The Bertz CT molecular complexity index is 543. The third-order valence-electron chi connectivity index (χ3n) is 2.00. The molecule has 78 valence electrons. The van der Waals surface area contributed by atoms with Crippen LogP contribution in [0.25, 0.3) is 5.69 Å². The summed E-state index contributed by atoms with van der Waals surface area (Å²) in [5, 5.41) is 4.68. The Morgan fingerprint density at radius 1 is 1.33 bits per heavy atom. The van der Waals surface area contributed by atoms with E-state index in [-0.39, 0.29) is 5.69 Å². The van der Waals surface area contributed by atoms with E-state index >= 15 is 0 Å². The van der Waals surface area contributed by atoms with Gasteiger partial charge in [0.1, 0.15) is 0 Å². The Morgan fingerprint density at radius 3 is 2.40 bits per heavy atom. The van der Waals surface area contributed by atoms with Gasteiger partial charge in [0.05, 0.1) is 5.69 Å². The van der Waals surface area contributed by atoms with Crippen LogP contribution in [-0.4, -0.2) is 14.3 Å². The number of hydrogen-bond acceptors (Lipinski definition) is 2. The van der Waals surface area contributed by atoms with Crippen LogP contribution >= 0.6 is 27.5 Å². The van der Waals surface area contributed by atoms with E-state index in [9.17, 15) is 4.79 Å². The van der Waals surface area contributed by atoms with Gasteiger partial charge in [0.15, 0.2) is 0 Å². The molecule has 2 rings (SSSR count). The average Bonchev–Trinajstić information content (AvgIpc) is 2.47. The van der Waals surface area contributed by atoms with Crippen LogP contribution in [0.1, 0.15) is 0 Å². The van der Waals surface area contributed by atoms with Gasteiger partial charge in [0.25, 0.3) is 0 Å². The maximum atomic E-state index is 11.7. The maximum absolute atomic E-state index is 11.7. The first-order chi connectivity index (χ1) is 7.09. The molecule has 1 heterocycles. The van der Waals surface area contributed by atoms with E-state index in [1.54, 1.807) is 31.3 Å². The van der Waals surface area contributed by atoms with Gasteiger partial charge in [0, 0.05) is 12.1 Å². The highest BCUT2D eigenvalue weighted by molar-refractivity contribution is 9.10. The van der Waals surface area contributed by atoms with E-state index in [4.69, 9.17) is 11.6 Å². The summed E-state index contributed by atoms with van der Waals surface area (Å²) in [6.45, 7) is 0. The number of nitrogens with zero attached hydrogens (tertiary/aromatic N) is 3. The molecule has 0 atom stereocenters. The minimum absolute atomic E-state index is 0.204. The smallest absolute Gasteiger partial charge is 0.272 e. The molecule has 0 radical (unpaired) electrons. The van der Waals surface area contributed by atoms with Crippen LogP contribution in [-0.2, 0) is 7.05 Å². The molecule has 0 saturated carbocycles. The van der Waals surface area contributed by atoms with Gasteiger partial charge in [-0.15, -0.1) is 5.10 Å². The van der Waals surface area contributed by atoms with Crippen molar-refractivity contribution in [3.05, 3.63) is 44.5 Å². The lowest BCUT2D eigenvalue weighted by Gasteiger charge is -1.98. The second-order valence-corrected chi connectivity index (χ2v) is 4.14. The summed E-state index contributed by atoms with van der Waals surface area (Å²) >= 11 is 8.94. The summed E-state index contributed by atoms with van der Waals surface area (Å²) < 4.78 is 3.21. The zero-order valence-electron chi connectivity index (χ0n) is 7.82. The molecule has 0 fully saturated rings. The van der Waals surface area contributed by atoms with Crippen molar-refractivity contribution < 1.29 is 0 Å². The largest absolute Gasteiger partial charge is 0.351 e. The van der Waals surface area contributed by atoms with E-state index in [1.165, 1.54) is 9.25 Å². The van der Waals surface area contributed by atoms with Crippen LogP contribution in [0.3, 0.4) is 0 Å². The Hall–Kier alpha value is -1.07. The predicted octanol–water partition coefficient (Wildman–Crippen LogP) is 1.99. The Kier molecular flexibility index (Phi) is 2.67. The summed E-state index contributed by atoms with van der Waals surface area (Å²) in [7, 11) is 1.64. The standard InChI is InChI=1S/C9H7BrClN3O/c1-13-8(10)12-14(9(13)15)7-4-2-6(11)3-5-7/h2-5H,1H3. The van der Waals surface area contributed by atoms with E-state index in [1.807, 2.05) is 0 Å². The van der Waals surface area contributed by atoms with Crippen molar-refractivity contribution in [3.8, 4) is 5.69 Å². The van der Waals surface area contributed by atoms with Gasteiger partial charge < -0.3 is 0 Å². The molecule has 0 aliphatic carbocycles. The topological polar surface area (TPSA) is 39.8 Å². The van der Waals surface area contributed by atoms with E-state index in [2.05, 4.69) is 21.0 Å². The lowest BCUT2D eigenvalue weighted by molar-refractivity contribution is 0.797. The molecule has 0 unspecified atom stereocenters. The second kappa shape index (κ2) is 3.83. The van der Waals surface area contributed by atoms with E-state index < -0.39 is 0 Å². The number of halogens is 2. The molecule has 0 saturated heterocycles. The average molecular weight is 289 g/mol. The maximum Gasteiger partial charge on any atom is 0.351 e. The summed E-state index contributed by atoms with van der Waals surface area (Å²) in [6.07, 6.45) is 0. The molecule has 0 aliphatic heterocycles. The highest BCUT2D eigenvalue weighted by Crippen LogP contribution is 2.12. The number of hydrogen-bond donors (Lipinski definition) is 0. The summed E-state index contributed by atoms with van der Waals surface area (Å²) in [5.41, 5.74) is 0.481. The van der Waals surface area contributed by atoms with E-state index in [0.29, 0.717) is 15.4 Å². The molecule has 15 heavy (non-hydrogen) atoms. The monoisotopic (exact) mass is 287 g/mol.